The van der Waals surface area contributed by atoms with E-state index in [1.54, 1.807) is 18.3 Å². The molecule has 0 aliphatic heterocycles. The molecular weight excluding hydrogens is 284 g/mol. The molecule has 3 N–H and O–H groups in total. The number of nitrogens with two attached hydrogens (primary N) is 1. The number of carbonyl (C=O) groups is 1. The van der Waals surface area contributed by atoms with Crippen molar-refractivity contribution in [1.82, 2.24) is 9.97 Å². The summed E-state index contributed by atoms with van der Waals surface area (Å²) in [5, 5.41) is 3.93. The van der Waals surface area contributed by atoms with Crippen molar-refractivity contribution in [2.24, 2.45) is 5.73 Å². The van der Waals surface area contributed by atoms with Gasteiger partial charge in [-0.15, -0.1) is 11.3 Å². The van der Waals surface area contributed by atoms with Gasteiger partial charge in [0.1, 0.15) is 23.0 Å². The van der Waals surface area contributed by atoms with Crippen LogP contribution in [0.3, 0.4) is 0 Å². The first-order valence-electron chi connectivity index (χ1n) is 6.51. The van der Waals surface area contributed by atoms with Gasteiger partial charge >= 0.3 is 0 Å². The summed E-state index contributed by atoms with van der Waals surface area (Å²) in [4.78, 5) is 21.7. The fourth-order valence-electron chi connectivity index (χ4n) is 1.99. The van der Waals surface area contributed by atoms with Gasteiger partial charge in [-0.1, -0.05) is 30.3 Å². The van der Waals surface area contributed by atoms with Crippen LogP contribution in [0.5, 0.6) is 0 Å². The number of thiophene rings is 1. The summed E-state index contributed by atoms with van der Waals surface area (Å²) in [5.74, 6) is 0.213. The van der Waals surface area contributed by atoms with Crippen molar-refractivity contribution < 1.29 is 4.79 Å². The summed E-state index contributed by atoms with van der Waals surface area (Å²) in [7, 11) is 0. The lowest BCUT2D eigenvalue weighted by Crippen LogP contribution is -2.32. The molecule has 1 amide bonds. The van der Waals surface area contributed by atoms with Gasteiger partial charge in [-0.05, 0) is 18.6 Å². The monoisotopic (exact) mass is 298 g/mol. The van der Waals surface area contributed by atoms with Gasteiger partial charge in [0.2, 0.25) is 5.91 Å². The molecule has 0 aliphatic rings. The lowest BCUT2D eigenvalue weighted by atomic mass is 10.2. The number of anilines is 1. The highest BCUT2D eigenvalue weighted by Crippen LogP contribution is 2.34. The molecule has 0 saturated carbocycles. The highest BCUT2D eigenvalue weighted by atomic mass is 32.1. The van der Waals surface area contributed by atoms with Crippen molar-refractivity contribution in [2.45, 2.75) is 13.0 Å². The Morgan fingerprint density at radius 3 is 2.76 bits per heavy atom. The summed E-state index contributed by atoms with van der Waals surface area (Å²) in [5.41, 5.74) is 6.42. The Morgan fingerprint density at radius 2 is 2.05 bits per heavy atom. The summed E-state index contributed by atoms with van der Waals surface area (Å²) in [6, 6.07) is 11.6. The van der Waals surface area contributed by atoms with Crippen LogP contribution in [0.25, 0.3) is 20.7 Å². The van der Waals surface area contributed by atoms with Crippen molar-refractivity contribution in [2.75, 3.05) is 5.32 Å². The predicted octanol–water partition coefficient (Wildman–Crippen LogP) is 2.64. The van der Waals surface area contributed by atoms with Crippen molar-refractivity contribution in [3.05, 3.63) is 42.7 Å². The van der Waals surface area contributed by atoms with Crippen molar-refractivity contribution in [3.8, 4) is 10.4 Å². The largest absolute Gasteiger partial charge is 0.368 e. The Bertz CT molecular complexity index is 785. The highest BCUT2D eigenvalue weighted by Gasteiger charge is 2.14. The first-order chi connectivity index (χ1) is 10.1. The van der Waals surface area contributed by atoms with E-state index in [1.807, 2.05) is 24.3 Å². The summed E-state index contributed by atoms with van der Waals surface area (Å²) in [6.07, 6.45) is 1.49. The zero-order chi connectivity index (χ0) is 14.8. The quantitative estimate of drug-likeness (QED) is 0.776. The average molecular weight is 298 g/mol. The molecule has 3 aromatic rings. The number of amides is 1. The second kappa shape index (κ2) is 5.49. The van der Waals surface area contributed by atoms with Gasteiger partial charge in [-0.25, -0.2) is 9.97 Å². The standard InChI is InChI=1S/C15H14N4OS/c1-9(13(16)20)19-14-11-7-12(10-5-3-2-4-6-10)21-15(11)18-8-17-14/h2-9H,1H3,(H2,16,20)(H,17,18,19). The van der Waals surface area contributed by atoms with Gasteiger partial charge in [-0.3, -0.25) is 4.79 Å². The van der Waals surface area contributed by atoms with E-state index in [1.165, 1.54) is 6.33 Å². The number of fused-ring (bicyclic) bond motifs is 1. The second-order valence-electron chi connectivity index (χ2n) is 4.69. The number of rotatable bonds is 4. The van der Waals surface area contributed by atoms with Gasteiger partial charge in [-0.2, -0.15) is 0 Å². The van der Waals surface area contributed by atoms with Gasteiger partial charge in [0.15, 0.2) is 0 Å². The molecule has 0 radical (unpaired) electrons. The molecule has 0 fully saturated rings. The van der Waals surface area contributed by atoms with E-state index in [0.717, 1.165) is 20.7 Å². The molecule has 2 heterocycles. The fourth-order valence-corrected chi connectivity index (χ4v) is 3.00. The van der Waals surface area contributed by atoms with Gasteiger partial charge in [0.25, 0.3) is 0 Å². The van der Waals surface area contributed by atoms with Crippen molar-refractivity contribution in [1.29, 1.82) is 0 Å². The topological polar surface area (TPSA) is 80.9 Å². The zero-order valence-electron chi connectivity index (χ0n) is 11.4. The summed E-state index contributed by atoms with van der Waals surface area (Å²) < 4.78 is 0. The number of primary amides is 1. The maximum atomic E-state index is 11.2. The van der Waals surface area contributed by atoms with Crippen molar-refractivity contribution >= 4 is 33.3 Å². The van der Waals surface area contributed by atoms with E-state index in [9.17, 15) is 4.79 Å². The minimum Gasteiger partial charge on any atom is -0.368 e. The van der Waals surface area contributed by atoms with Gasteiger partial charge in [0, 0.05) is 4.88 Å². The first-order valence-corrected chi connectivity index (χ1v) is 7.32. The van der Waals surface area contributed by atoms with Crippen LogP contribution in [-0.2, 0) is 4.79 Å². The first kappa shape index (κ1) is 13.5. The maximum Gasteiger partial charge on any atom is 0.239 e. The number of benzene rings is 1. The Hall–Kier alpha value is -2.47. The number of carbonyl (C=O) groups excluding carboxylic acids is 1. The molecule has 1 atom stereocenters. The van der Waals surface area contributed by atoms with Crippen LogP contribution in [0.2, 0.25) is 0 Å². The molecule has 106 valence electrons. The van der Waals surface area contributed by atoms with E-state index in [0.29, 0.717) is 5.82 Å². The van der Waals surface area contributed by atoms with E-state index >= 15 is 0 Å². The van der Waals surface area contributed by atoms with Crippen molar-refractivity contribution in [3.63, 3.8) is 0 Å². The molecule has 0 aliphatic carbocycles. The van der Waals surface area contributed by atoms with Crippen LogP contribution in [0.4, 0.5) is 5.82 Å². The number of aromatic nitrogens is 2. The van der Waals surface area contributed by atoms with E-state index < -0.39 is 11.9 Å². The summed E-state index contributed by atoms with van der Waals surface area (Å²) in [6.45, 7) is 1.71. The Balaban J connectivity index is 2.04. The Morgan fingerprint density at radius 1 is 1.29 bits per heavy atom. The smallest absolute Gasteiger partial charge is 0.239 e. The van der Waals surface area contributed by atoms with Crippen LogP contribution in [0.1, 0.15) is 6.92 Å². The Labute approximate surface area is 125 Å². The number of hydrogen-bond donors (Lipinski definition) is 2. The summed E-state index contributed by atoms with van der Waals surface area (Å²) >= 11 is 1.59. The lowest BCUT2D eigenvalue weighted by molar-refractivity contribution is -0.118. The maximum absolute atomic E-state index is 11.2. The average Bonchev–Trinajstić information content (AvgIpc) is 2.93. The van der Waals surface area contributed by atoms with Crippen LogP contribution >= 0.6 is 11.3 Å². The van der Waals surface area contributed by atoms with Gasteiger partial charge < -0.3 is 11.1 Å². The number of hydrogen-bond acceptors (Lipinski definition) is 5. The normalized spacial score (nSPS) is 12.2. The molecule has 0 bridgehead atoms. The van der Waals surface area contributed by atoms with Gasteiger partial charge in [0.05, 0.1) is 5.39 Å². The zero-order valence-corrected chi connectivity index (χ0v) is 12.2. The molecule has 1 aromatic carbocycles. The number of nitrogens with one attached hydrogen (secondary N) is 1. The third-order valence-corrected chi connectivity index (χ3v) is 4.26. The van der Waals surface area contributed by atoms with Crippen LogP contribution < -0.4 is 11.1 Å². The highest BCUT2D eigenvalue weighted by molar-refractivity contribution is 7.21. The lowest BCUT2D eigenvalue weighted by Gasteiger charge is -2.10. The molecule has 6 heteroatoms. The SMILES string of the molecule is CC(Nc1ncnc2sc(-c3ccccc3)cc12)C(N)=O. The minimum absolute atomic E-state index is 0.416. The van der Waals surface area contributed by atoms with E-state index in [-0.39, 0.29) is 0 Å². The Kier molecular flexibility index (Phi) is 3.53. The molecule has 1 unspecified atom stereocenters. The minimum atomic E-state index is -0.483. The van der Waals surface area contributed by atoms with Crippen LogP contribution in [0.15, 0.2) is 42.7 Å². The molecule has 0 saturated heterocycles. The second-order valence-corrected chi connectivity index (χ2v) is 5.72. The molecule has 3 rings (SSSR count). The third kappa shape index (κ3) is 2.71. The van der Waals surface area contributed by atoms with E-state index in [4.69, 9.17) is 5.73 Å². The molecule has 5 nitrogen and oxygen atoms in total. The molecule has 0 spiro atoms. The van der Waals surface area contributed by atoms with Crippen LogP contribution in [0, 0.1) is 0 Å². The molecular formula is C15H14N4OS. The molecule has 2 aromatic heterocycles. The number of nitrogens with zero attached hydrogens (tertiary/aromatic N) is 2. The van der Waals surface area contributed by atoms with E-state index in [2.05, 4.69) is 27.4 Å². The fraction of sp³-hybridized carbons (Fsp3) is 0.133. The molecule has 21 heavy (non-hydrogen) atoms. The third-order valence-electron chi connectivity index (χ3n) is 3.17. The predicted molar refractivity (Wildman–Crippen MR) is 85.1 cm³/mol. The van der Waals surface area contributed by atoms with Crippen LogP contribution in [-0.4, -0.2) is 21.9 Å².